The molecule has 1 N–H and O–H groups in total. The van der Waals surface area contributed by atoms with Gasteiger partial charge in [0.25, 0.3) is 5.91 Å². The number of nitrogens with zero attached hydrogens (tertiary/aromatic N) is 2. The number of amides is 2. The van der Waals surface area contributed by atoms with E-state index in [-0.39, 0.29) is 24.3 Å². The Morgan fingerprint density at radius 3 is 2.68 bits per heavy atom. The number of para-hydroxylation sites is 1. The van der Waals surface area contributed by atoms with Gasteiger partial charge in [0.1, 0.15) is 5.75 Å². The molecule has 1 aliphatic carbocycles. The van der Waals surface area contributed by atoms with Gasteiger partial charge in [0.2, 0.25) is 5.91 Å². The quantitative estimate of drug-likeness (QED) is 0.638. The number of fused-ring (bicyclic) bond motifs is 1. The number of aryl methyl sites for hydroxylation is 3. The molecule has 0 unspecified atom stereocenters. The molecule has 6 nitrogen and oxygen atoms in total. The fourth-order valence-electron chi connectivity index (χ4n) is 4.25. The molecule has 166 valence electrons. The summed E-state index contributed by atoms with van der Waals surface area (Å²) in [5.41, 5.74) is 1.31. The van der Waals surface area contributed by atoms with Crippen LogP contribution < -0.4 is 10.1 Å². The monoisotopic (exact) mass is 441 g/mol. The molecule has 1 aromatic carbocycles. The highest BCUT2D eigenvalue weighted by atomic mass is 32.1. The summed E-state index contributed by atoms with van der Waals surface area (Å²) in [6.45, 7) is 1.95. The molecule has 2 amide bonds. The average Bonchev–Trinajstić information content (AvgIpc) is 3.24. The van der Waals surface area contributed by atoms with Crippen LogP contribution >= 0.6 is 11.3 Å². The Bertz CT molecular complexity index is 852. The van der Waals surface area contributed by atoms with Crippen LogP contribution in [0.5, 0.6) is 5.75 Å². The van der Waals surface area contributed by atoms with E-state index < -0.39 is 0 Å². The Hall–Kier alpha value is -2.41. The van der Waals surface area contributed by atoms with Gasteiger partial charge in [0.05, 0.1) is 10.7 Å². The van der Waals surface area contributed by atoms with Gasteiger partial charge < -0.3 is 15.0 Å². The van der Waals surface area contributed by atoms with Crippen LogP contribution in [0.3, 0.4) is 0 Å². The maximum atomic E-state index is 12.5. The first kappa shape index (κ1) is 21.8. The minimum atomic E-state index is -0.0196. The number of carbonyl (C=O) groups is 2. The summed E-state index contributed by atoms with van der Waals surface area (Å²) in [7, 11) is 0. The molecular formula is C24H31N3O3S. The van der Waals surface area contributed by atoms with E-state index in [2.05, 4.69) is 5.32 Å². The van der Waals surface area contributed by atoms with Crippen molar-refractivity contribution in [2.24, 2.45) is 5.92 Å². The number of carbonyl (C=O) groups excluding carboxylic acids is 2. The minimum absolute atomic E-state index is 0.00809. The molecule has 1 fully saturated rings. The second-order valence-corrected chi connectivity index (χ2v) is 9.50. The predicted octanol–water partition coefficient (Wildman–Crippen LogP) is 3.39. The van der Waals surface area contributed by atoms with Crippen LogP contribution in [0.15, 0.2) is 30.3 Å². The number of benzene rings is 1. The number of rotatable bonds is 8. The summed E-state index contributed by atoms with van der Waals surface area (Å²) in [4.78, 5) is 32.9. The van der Waals surface area contributed by atoms with E-state index in [9.17, 15) is 9.59 Å². The number of hydrogen-bond donors (Lipinski definition) is 1. The van der Waals surface area contributed by atoms with Crippen molar-refractivity contribution >= 4 is 23.2 Å². The Morgan fingerprint density at radius 2 is 1.90 bits per heavy atom. The van der Waals surface area contributed by atoms with E-state index in [1.807, 2.05) is 41.7 Å². The molecule has 7 heteroatoms. The summed E-state index contributed by atoms with van der Waals surface area (Å²) in [6, 6.07) is 9.36. The maximum absolute atomic E-state index is 12.5. The van der Waals surface area contributed by atoms with Gasteiger partial charge in [-0.2, -0.15) is 0 Å². The molecule has 2 aliphatic rings. The van der Waals surface area contributed by atoms with Crippen molar-refractivity contribution in [1.82, 2.24) is 15.2 Å². The van der Waals surface area contributed by atoms with E-state index in [1.54, 1.807) is 4.90 Å². The molecule has 1 aromatic heterocycles. The van der Waals surface area contributed by atoms with Crippen LogP contribution in [0.1, 0.15) is 47.7 Å². The zero-order chi connectivity index (χ0) is 21.5. The van der Waals surface area contributed by atoms with Crippen molar-refractivity contribution in [1.29, 1.82) is 0 Å². The van der Waals surface area contributed by atoms with E-state index in [4.69, 9.17) is 9.72 Å². The smallest absolute Gasteiger partial charge is 0.260 e. The first-order valence-electron chi connectivity index (χ1n) is 11.4. The third-order valence-corrected chi connectivity index (χ3v) is 7.30. The van der Waals surface area contributed by atoms with E-state index in [1.165, 1.54) is 34.8 Å². The van der Waals surface area contributed by atoms with Gasteiger partial charge >= 0.3 is 0 Å². The van der Waals surface area contributed by atoms with Gasteiger partial charge in [0.15, 0.2) is 6.61 Å². The number of aromatic nitrogens is 1. The van der Waals surface area contributed by atoms with E-state index in [0.717, 1.165) is 19.3 Å². The second-order valence-electron chi connectivity index (χ2n) is 8.34. The third kappa shape index (κ3) is 6.06. The SMILES string of the molecule is O=C(NCCCc1nc2c(s1)CCCC2)C1CCN(C(=O)COc2ccccc2)CC1. The molecular weight excluding hydrogens is 410 g/mol. The molecule has 0 bridgehead atoms. The van der Waals surface area contributed by atoms with Crippen molar-refractivity contribution in [3.05, 3.63) is 45.9 Å². The normalized spacial score (nSPS) is 16.6. The molecule has 0 radical (unpaired) electrons. The Kier molecular flexibility index (Phi) is 7.57. The molecule has 0 saturated carbocycles. The van der Waals surface area contributed by atoms with Crippen LogP contribution in [0.4, 0.5) is 0 Å². The van der Waals surface area contributed by atoms with Crippen LogP contribution in [-0.2, 0) is 28.9 Å². The summed E-state index contributed by atoms with van der Waals surface area (Å²) in [5, 5.41) is 4.30. The van der Waals surface area contributed by atoms with E-state index in [0.29, 0.717) is 38.2 Å². The zero-order valence-electron chi connectivity index (χ0n) is 18.0. The van der Waals surface area contributed by atoms with Gasteiger partial charge in [-0.05, 0) is 57.1 Å². The van der Waals surface area contributed by atoms with Gasteiger partial charge in [0, 0.05) is 36.9 Å². The number of likely N-dealkylation sites (tertiary alicyclic amines) is 1. The summed E-state index contributed by atoms with van der Waals surface area (Å²) in [5.74, 6) is 0.786. The fraction of sp³-hybridized carbons (Fsp3) is 0.542. The number of ether oxygens (including phenoxy) is 1. The lowest BCUT2D eigenvalue weighted by Crippen LogP contribution is -2.44. The Labute approximate surface area is 188 Å². The first-order valence-corrected chi connectivity index (χ1v) is 12.2. The number of piperidine rings is 1. The number of thiazole rings is 1. The molecule has 0 atom stereocenters. The third-order valence-electron chi connectivity index (χ3n) is 6.08. The maximum Gasteiger partial charge on any atom is 0.260 e. The van der Waals surface area contributed by atoms with Crippen molar-refractivity contribution in [3.63, 3.8) is 0 Å². The highest BCUT2D eigenvalue weighted by Crippen LogP contribution is 2.27. The summed E-state index contributed by atoms with van der Waals surface area (Å²) in [6.07, 6.45) is 8.14. The minimum Gasteiger partial charge on any atom is -0.484 e. The lowest BCUT2D eigenvalue weighted by Gasteiger charge is -2.31. The average molecular weight is 442 g/mol. The van der Waals surface area contributed by atoms with Crippen molar-refractivity contribution < 1.29 is 14.3 Å². The van der Waals surface area contributed by atoms with Crippen molar-refractivity contribution in [3.8, 4) is 5.75 Å². The Balaban J connectivity index is 1.11. The fourth-order valence-corrected chi connectivity index (χ4v) is 5.45. The standard InChI is InChI=1S/C24H31N3O3S/c28-23(17-30-19-7-2-1-3-8-19)27-15-12-18(13-16-27)24(29)25-14-6-11-22-26-20-9-4-5-10-21(20)31-22/h1-3,7-8,18H,4-6,9-17H2,(H,25,29). The molecule has 0 spiro atoms. The Morgan fingerprint density at radius 1 is 1.13 bits per heavy atom. The van der Waals surface area contributed by atoms with Crippen LogP contribution in [0, 0.1) is 5.92 Å². The van der Waals surface area contributed by atoms with Crippen LogP contribution in [0.25, 0.3) is 0 Å². The van der Waals surface area contributed by atoms with Gasteiger partial charge in [-0.25, -0.2) is 4.98 Å². The van der Waals surface area contributed by atoms with E-state index >= 15 is 0 Å². The highest BCUT2D eigenvalue weighted by molar-refractivity contribution is 7.11. The van der Waals surface area contributed by atoms with Crippen molar-refractivity contribution in [2.75, 3.05) is 26.2 Å². The molecule has 1 aliphatic heterocycles. The van der Waals surface area contributed by atoms with Crippen molar-refractivity contribution in [2.45, 2.75) is 51.4 Å². The topological polar surface area (TPSA) is 71.5 Å². The van der Waals surface area contributed by atoms with Crippen LogP contribution in [0.2, 0.25) is 0 Å². The lowest BCUT2D eigenvalue weighted by atomic mass is 9.96. The number of nitrogens with one attached hydrogen (secondary N) is 1. The van der Waals surface area contributed by atoms with Gasteiger partial charge in [-0.1, -0.05) is 18.2 Å². The molecule has 4 rings (SSSR count). The predicted molar refractivity (Wildman–Crippen MR) is 121 cm³/mol. The summed E-state index contributed by atoms with van der Waals surface area (Å²) < 4.78 is 5.55. The first-order chi connectivity index (χ1) is 15.2. The lowest BCUT2D eigenvalue weighted by molar-refractivity contribution is -0.137. The molecule has 2 aromatic rings. The molecule has 1 saturated heterocycles. The largest absolute Gasteiger partial charge is 0.484 e. The highest BCUT2D eigenvalue weighted by Gasteiger charge is 2.27. The molecule has 31 heavy (non-hydrogen) atoms. The van der Waals surface area contributed by atoms with Gasteiger partial charge in [-0.3, -0.25) is 9.59 Å². The number of hydrogen-bond acceptors (Lipinski definition) is 5. The van der Waals surface area contributed by atoms with Gasteiger partial charge in [-0.15, -0.1) is 11.3 Å². The summed E-state index contributed by atoms with van der Waals surface area (Å²) >= 11 is 1.86. The molecule has 2 heterocycles. The van der Waals surface area contributed by atoms with Crippen LogP contribution in [-0.4, -0.2) is 47.9 Å². The zero-order valence-corrected chi connectivity index (χ0v) is 18.8. The second kappa shape index (κ2) is 10.8.